The van der Waals surface area contributed by atoms with Crippen molar-refractivity contribution in [3.63, 3.8) is 0 Å². The lowest BCUT2D eigenvalue weighted by Gasteiger charge is -2.18. The van der Waals surface area contributed by atoms with Crippen LogP contribution in [-0.2, 0) is 4.74 Å². The number of nitrogens with zero attached hydrogens (tertiary/aromatic N) is 4. The van der Waals surface area contributed by atoms with E-state index in [4.69, 9.17) is 9.15 Å². The van der Waals surface area contributed by atoms with Crippen LogP contribution in [0.5, 0.6) is 0 Å². The molecule has 9 heteroatoms. The Morgan fingerprint density at radius 1 is 1.16 bits per heavy atom. The first-order valence-corrected chi connectivity index (χ1v) is 10.1. The molecule has 1 fully saturated rings. The van der Waals surface area contributed by atoms with Crippen molar-refractivity contribution in [3.8, 4) is 11.5 Å². The number of rotatable bonds is 6. The molecule has 1 saturated heterocycles. The molecule has 0 spiro atoms. The van der Waals surface area contributed by atoms with Gasteiger partial charge in [-0.1, -0.05) is 17.7 Å². The number of hydrogen-bond donors (Lipinski definition) is 0. The quantitative estimate of drug-likeness (QED) is 0.325. The van der Waals surface area contributed by atoms with Gasteiger partial charge in [-0.15, -0.1) is 10.2 Å². The lowest BCUT2D eigenvalue weighted by molar-refractivity contribution is -0.384. The zero-order valence-electron chi connectivity index (χ0n) is 17.3. The van der Waals surface area contributed by atoms with Gasteiger partial charge in [0.1, 0.15) is 5.69 Å². The Labute approximate surface area is 178 Å². The van der Waals surface area contributed by atoms with Crippen molar-refractivity contribution in [1.82, 2.24) is 10.2 Å². The molecule has 1 aromatic heterocycles. The summed E-state index contributed by atoms with van der Waals surface area (Å²) in [4.78, 5) is 25.6. The lowest BCUT2D eigenvalue weighted by atomic mass is 10.1. The SMILES string of the molecule is Cc1ccc(-c2nnc(C(C)OC(=O)c3ccc(N4CCCC4)c([N+](=O)[O-])c3)o2)cc1. The molecule has 160 valence electrons. The molecule has 4 rings (SSSR count). The Morgan fingerprint density at radius 2 is 1.87 bits per heavy atom. The van der Waals surface area contributed by atoms with E-state index in [2.05, 4.69) is 10.2 Å². The van der Waals surface area contributed by atoms with Gasteiger partial charge in [0, 0.05) is 24.7 Å². The summed E-state index contributed by atoms with van der Waals surface area (Å²) in [5.41, 5.74) is 2.38. The summed E-state index contributed by atoms with van der Waals surface area (Å²) in [5.74, 6) is -0.228. The van der Waals surface area contributed by atoms with Crippen LogP contribution in [0.25, 0.3) is 11.5 Å². The van der Waals surface area contributed by atoms with Crippen LogP contribution >= 0.6 is 0 Å². The monoisotopic (exact) mass is 422 g/mol. The average Bonchev–Trinajstić information content (AvgIpc) is 3.46. The van der Waals surface area contributed by atoms with Crippen molar-refractivity contribution in [2.45, 2.75) is 32.8 Å². The Bertz CT molecular complexity index is 1100. The average molecular weight is 422 g/mol. The summed E-state index contributed by atoms with van der Waals surface area (Å²) in [6.45, 7) is 5.12. The number of esters is 1. The van der Waals surface area contributed by atoms with Crippen molar-refractivity contribution in [3.05, 3.63) is 69.6 Å². The first kappa shape index (κ1) is 20.5. The van der Waals surface area contributed by atoms with Gasteiger partial charge < -0.3 is 14.1 Å². The second-order valence-corrected chi connectivity index (χ2v) is 7.51. The van der Waals surface area contributed by atoms with E-state index in [-0.39, 0.29) is 17.1 Å². The van der Waals surface area contributed by atoms with Crippen LogP contribution < -0.4 is 4.90 Å². The number of carbonyl (C=O) groups is 1. The summed E-state index contributed by atoms with van der Waals surface area (Å²) in [6, 6.07) is 12.0. The molecule has 0 amide bonds. The standard InChI is InChI=1S/C22H22N4O5/c1-14-5-7-16(8-6-14)21-24-23-20(31-21)15(2)30-22(27)17-9-10-18(19(13-17)26(28)29)25-11-3-4-12-25/h5-10,13,15H,3-4,11-12H2,1-2H3. The number of aryl methyl sites for hydroxylation is 1. The number of ether oxygens (including phenoxy) is 1. The van der Waals surface area contributed by atoms with Crippen LogP contribution in [-0.4, -0.2) is 34.2 Å². The minimum absolute atomic E-state index is 0.0970. The fourth-order valence-electron chi connectivity index (χ4n) is 3.51. The minimum Gasteiger partial charge on any atom is -0.449 e. The van der Waals surface area contributed by atoms with Gasteiger partial charge in [0.2, 0.25) is 5.89 Å². The highest BCUT2D eigenvalue weighted by Crippen LogP contribution is 2.32. The van der Waals surface area contributed by atoms with E-state index >= 15 is 0 Å². The van der Waals surface area contributed by atoms with Crippen LogP contribution in [0.1, 0.15) is 47.7 Å². The Balaban J connectivity index is 1.49. The third-order valence-electron chi connectivity index (χ3n) is 5.23. The molecule has 3 aromatic rings. The van der Waals surface area contributed by atoms with Gasteiger partial charge in [-0.05, 0) is 51.0 Å². The molecule has 31 heavy (non-hydrogen) atoms. The largest absolute Gasteiger partial charge is 0.449 e. The second kappa shape index (κ2) is 8.55. The topological polar surface area (TPSA) is 112 Å². The van der Waals surface area contributed by atoms with E-state index in [0.717, 1.165) is 37.1 Å². The molecule has 1 unspecified atom stereocenters. The van der Waals surface area contributed by atoms with Gasteiger partial charge in [-0.3, -0.25) is 10.1 Å². The van der Waals surface area contributed by atoms with Crippen molar-refractivity contribution in [2.75, 3.05) is 18.0 Å². The van der Waals surface area contributed by atoms with Gasteiger partial charge in [0.15, 0.2) is 6.10 Å². The van der Waals surface area contributed by atoms with Crippen LogP contribution in [0.2, 0.25) is 0 Å². The number of benzene rings is 2. The van der Waals surface area contributed by atoms with Gasteiger partial charge in [0.05, 0.1) is 10.5 Å². The Hall–Kier alpha value is -3.75. The highest BCUT2D eigenvalue weighted by molar-refractivity contribution is 5.91. The molecule has 0 saturated carbocycles. The Morgan fingerprint density at radius 3 is 2.55 bits per heavy atom. The fourth-order valence-corrected chi connectivity index (χ4v) is 3.51. The van der Waals surface area contributed by atoms with Gasteiger partial charge in [-0.25, -0.2) is 4.79 Å². The van der Waals surface area contributed by atoms with Crippen molar-refractivity contribution < 1.29 is 18.9 Å². The fraction of sp³-hybridized carbons (Fsp3) is 0.318. The number of hydrogen-bond acceptors (Lipinski definition) is 8. The molecule has 1 atom stereocenters. The maximum atomic E-state index is 12.6. The molecule has 1 aliphatic rings. The van der Waals surface area contributed by atoms with Gasteiger partial charge >= 0.3 is 5.97 Å². The molecule has 2 aromatic carbocycles. The van der Waals surface area contributed by atoms with Crippen LogP contribution in [0.3, 0.4) is 0 Å². The summed E-state index contributed by atoms with van der Waals surface area (Å²) >= 11 is 0. The minimum atomic E-state index is -0.809. The third-order valence-corrected chi connectivity index (χ3v) is 5.23. The van der Waals surface area contributed by atoms with E-state index in [1.165, 1.54) is 6.07 Å². The second-order valence-electron chi connectivity index (χ2n) is 7.51. The summed E-state index contributed by atoms with van der Waals surface area (Å²) in [5, 5.41) is 19.5. The molecule has 0 radical (unpaired) electrons. The van der Waals surface area contributed by atoms with Crippen molar-refractivity contribution in [2.24, 2.45) is 0 Å². The normalized spacial score (nSPS) is 14.5. The molecule has 0 aliphatic carbocycles. The predicted molar refractivity (Wildman–Crippen MR) is 113 cm³/mol. The lowest BCUT2D eigenvalue weighted by Crippen LogP contribution is -2.19. The molecule has 0 bridgehead atoms. The van der Waals surface area contributed by atoms with E-state index in [9.17, 15) is 14.9 Å². The number of aromatic nitrogens is 2. The summed E-state index contributed by atoms with van der Waals surface area (Å²) < 4.78 is 11.1. The van der Waals surface area contributed by atoms with E-state index in [1.807, 2.05) is 36.1 Å². The number of anilines is 1. The molecule has 1 aliphatic heterocycles. The summed E-state index contributed by atoms with van der Waals surface area (Å²) in [7, 11) is 0. The molecule has 9 nitrogen and oxygen atoms in total. The first-order chi connectivity index (χ1) is 14.9. The molecule has 2 heterocycles. The molecule has 0 N–H and O–H groups in total. The zero-order chi connectivity index (χ0) is 22.0. The zero-order valence-corrected chi connectivity index (χ0v) is 17.3. The van der Waals surface area contributed by atoms with Crippen molar-refractivity contribution >= 4 is 17.3 Å². The smallest absolute Gasteiger partial charge is 0.339 e. The van der Waals surface area contributed by atoms with E-state index in [0.29, 0.717) is 11.6 Å². The van der Waals surface area contributed by atoms with Crippen LogP contribution in [0, 0.1) is 17.0 Å². The van der Waals surface area contributed by atoms with Gasteiger partial charge in [-0.2, -0.15) is 0 Å². The van der Waals surface area contributed by atoms with Crippen LogP contribution in [0.4, 0.5) is 11.4 Å². The van der Waals surface area contributed by atoms with E-state index in [1.54, 1.807) is 19.1 Å². The molecular formula is C22H22N4O5. The predicted octanol–water partition coefficient (Wildman–Crippen LogP) is 4.47. The highest BCUT2D eigenvalue weighted by Gasteiger charge is 2.26. The number of carbonyl (C=O) groups excluding carboxylic acids is 1. The van der Waals surface area contributed by atoms with Crippen LogP contribution in [0.15, 0.2) is 46.9 Å². The highest BCUT2D eigenvalue weighted by atomic mass is 16.6. The molecular weight excluding hydrogens is 400 g/mol. The first-order valence-electron chi connectivity index (χ1n) is 10.1. The summed E-state index contributed by atoms with van der Waals surface area (Å²) in [6.07, 6.45) is 1.18. The maximum Gasteiger partial charge on any atom is 0.339 e. The van der Waals surface area contributed by atoms with E-state index < -0.39 is 17.0 Å². The number of nitro groups is 1. The van der Waals surface area contributed by atoms with Crippen molar-refractivity contribution in [1.29, 1.82) is 0 Å². The Kier molecular flexibility index (Phi) is 5.66. The van der Waals surface area contributed by atoms with Gasteiger partial charge in [0.25, 0.3) is 11.6 Å². The third kappa shape index (κ3) is 4.40. The number of nitro benzene ring substituents is 1. The maximum absolute atomic E-state index is 12.6.